The van der Waals surface area contributed by atoms with E-state index >= 15 is 0 Å². The van der Waals surface area contributed by atoms with Gasteiger partial charge in [0.1, 0.15) is 11.6 Å². The topological polar surface area (TPSA) is 23.5 Å². The van der Waals surface area contributed by atoms with Crippen LogP contribution in [-0.4, -0.2) is 11.7 Å². The van der Waals surface area contributed by atoms with E-state index in [2.05, 4.69) is 20.8 Å². The summed E-state index contributed by atoms with van der Waals surface area (Å²) >= 11 is 3.48. The summed E-state index contributed by atoms with van der Waals surface area (Å²) in [5, 5.41) is 9.55. The Bertz CT molecular complexity index is 630. The first-order valence-corrected chi connectivity index (χ1v) is 6.93. The SMILES string of the molecule is Oc1ccc(Br)c(CN2CCc3ccc(F)cc32)c1. The molecule has 0 radical (unpaired) electrons. The minimum absolute atomic E-state index is 0.208. The highest BCUT2D eigenvalue weighted by Gasteiger charge is 2.20. The number of nitrogens with zero attached hydrogens (tertiary/aromatic N) is 1. The maximum atomic E-state index is 13.3. The van der Waals surface area contributed by atoms with E-state index in [1.165, 1.54) is 11.6 Å². The lowest BCUT2D eigenvalue weighted by atomic mass is 10.1. The van der Waals surface area contributed by atoms with Crippen molar-refractivity contribution in [2.24, 2.45) is 0 Å². The molecule has 0 unspecified atom stereocenters. The summed E-state index contributed by atoms with van der Waals surface area (Å²) in [6, 6.07) is 10.1. The van der Waals surface area contributed by atoms with Crippen LogP contribution in [0.1, 0.15) is 11.1 Å². The fourth-order valence-electron chi connectivity index (χ4n) is 2.47. The molecule has 1 heterocycles. The first-order valence-electron chi connectivity index (χ1n) is 6.14. The van der Waals surface area contributed by atoms with Crippen LogP contribution in [0.3, 0.4) is 0 Å². The van der Waals surface area contributed by atoms with Crippen molar-refractivity contribution in [3.8, 4) is 5.75 Å². The lowest BCUT2D eigenvalue weighted by Crippen LogP contribution is -2.20. The number of benzene rings is 2. The van der Waals surface area contributed by atoms with Gasteiger partial charge in [-0.15, -0.1) is 0 Å². The second kappa shape index (κ2) is 4.85. The van der Waals surface area contributed by atoms with Crippen molar-refractivity contribution in [2.45, 2.75) is 13.0 Å². The van der Waals surface area contributed by atoms with Gasteiger partial charge in [0, 0.05) is 23.2 Å². The summed E-state index contributed by atoms with van der Waals surface area (Å²) in [6.45, 7) is 1.53. The average molecular weight is 322 g/mol. The molecule has 0 amide bonds. The van der Waals surface area contributed by atoms with E-state index in [0.29, 0.717) is 6.54 Å². The van der Waals surface area contributed by atoms with E-state index in [9.17, 15) is 9.50 Å². The molecule has 19 heavy (non-hydrogen) atoms. The third-order valence-electron chi connectivity index (χ3n) is 3.43. The van der Waals surface area contributed by atoms with Crippen molar-refractivity contribution in [3.63, 3.8) is 0 Å². The Morgan fingerprint density at radius 3 is 2.89 bits per heavy atom. The second-order valence-corrected chi connectivity index (χ2v) is 5.57. The summed E-state index contributed by atoms with van der Waals surface area (Å²) in [6.07, 6.45) is 0.937. The highest BCUT2D eigenvalue weighted by Crippen LogP contribution is 2.32. The van der Waals surface area contributed by atoms with Crippen molar-refractivity contribution in [3.05, 3.63) is 57.8 Å². The predicted octanol–water partition coefficient (Wildman–Crippen LogP) is 3.86. The summed E-state index contributed by atoms with van der Waals surface area (Å²) in [4.78, 5) is 2.14. The molecular formula is C15H13BrFNO. The number of halogens is 2. The minimum atomic E-state index is -0.208. The zero-order valence-corrected chi connectivity index (χ0v) is 11.8. The molecule has 0 atom stereocenters. The lowest BCUT2D eigenvalue weighted by molar-refractivity contribution is 0.474. The van der Waals surface area contributed by atoms with Gasteiger partial charge in [-0.3, -0.25) is 0 Å². The van der Waals surface area contributed by atoms with Gasteiger partial charge in [0.25, 0.3) is 0 Å². The predicted molar refractivity (Wildman–Crippen MR) is 77.0 cm³/mol. The van der Waals surface area contributed by atoms with Gasteiger partial charge < -0.3 is 10.0 Å². The monoisotopic (exact) mass is 321 g/mol. The first-order chi connectivity index (χ1) is 9.13. The Labute approximate surface area is 119 Å². The molecular weight excluding hydrogens is 309 g/mol. The van der Waals surface area contributed by atoms with E-state index in [1.54, 1.807) is 18.2 Å². The third-order valence-corrected chi connectivity index (χ3v) is 4.20. The van der Waals surface area contributed by atoms with Crippen LogP contribution >= 0.6 is 15.9 Å². The first kappa shape index (κ1) is 12.5. The Balaban J connectivity index is 1.90. The Hall–Kier alpha value is -1.55. The van der Waals surface area contributed by atoms with Crippen molar-refractivity contribution in [2.75, 3.05) is 11.4 Å². The molecule has 1 N–H and O–H groups in total. The molecule has 1 aliphatic heterocycles. The molecule has 0 bridgehead atoms. The lowest BCUT2D eigenvalue weighted by Gasteiger charge is -2.20. The molecule has 0 spiro atoms. The highest BCUT2D eigenvalue weighted by molar-refractivity contribution is 9.10. The van der Waals surface area contributed by atoms with Crippen LogP contribution in [0.2, 0.25) is 0 Å². The second-order valence-electron chi connectivity index (χ2n) is 4.72. The highest BCUT2D eigenvalue weighted by atomic mass is 79.9. The van der Waals surface area contributed by atoms with Crippen LogP contribution in [0, 0.1) is 5.82 Å². The van der Waals surface area contributed by atoms with Crippen molar-refractivity contribution < 1.29 is 9.50 Å². The van der Waals surface area contributed by atoms with Gasteiger partial charge in [0.15, 0.2) is 0 Å². The molecule has 0 aliphatic carbocycles. The largest absolute Gasteiger partial charge is 0.508 e. The van der Waals surface area contributed by atoms with E-state index in [0.717, 1.165) is 28.7 Å². The number of fused-ring (bicyclic) bond motifs is 1. The van der Waals surface area contributed by atoms with Gasteiger partial charge >= 0.3 is 0 Å². The molecule has 4 heteroatoms. The summed E-state index contributed by atoms with van der Waals surface area (Å²) < 4.78 is 14.3. The van der Waals surface area contributed by atoms with Crippen LogP contribution in [-0.2, 0) is 13.0 Å². The summed E-state index contributed by atoms with van der Waals surface area (Å²) in [7, 11) is 0. The maximum absolute atomic E-state index is 13.3. The summed E-state index contributed by atoms with van der Waals surface area (Å²) in [5.74, 6) is 0.0393. The molecule has 0 saturated carbocycles. The van der Waals surface area contributed by atoms with Gasteiger partial charge in [-0.2, -0.15) is 0 Å². The van der Waals surface area contributed by atoms with Crippen LogP contribution in [0.15, 0.2) is 40.9 Å². The minimum Gasteiger partial charge on any atom is -0.508 e. The van der Waals surface area contributed by atoms with Gasteiger partial charge in [-0.25, -0.2) is 4.39 Å². The third kappa shape index (κ3) is 2.45. The van der Waals surface area contributed by atoms with Crippen LogP contribution in [0.4, 0.5) is 10.1 Å². The number of hydrogen-bond donors (Lipinski definition) is 1. The van der Waals surface area contributed by atoms with Crippen molar-refractivity contribution in [1.82, 2.24) is 0 Å². The van der Waals surface area contributed by atoms with Gasteiger partial charge in [0.05, 0.1) is 0 Å². The molecule has 3 rings (SSSR count). The molecule has 2 aromatic rings. The number of phenols is 1. The molecule has 1 aliphatic rings. The van der Waals surface area contributed by atoms with Gasteiger partial charge in [0.2, 0.25) is 0 Å². The average Bonchev–Trinajstić information content (AvgIpc) is 2.77. The molecule has 98 valence electrons. The van der Waals surface area contributed by atoms with E-state index in [1.807, 2.05) is 12.1 Å². The molecule has 2 nitrogen and oxygen atoms in total. The van der Waals surface area contributed by atoms with E-state index in [4.69, 9.17) is 0 Å². The normalized spacial score (nSPS) is 13.7. The fraction of sp³-hybridized carbons (Fsp3) is 0.200. The van der Waals surface area contributed by atoms with Crippen molar-refractivity contribution in [1.29, 1.82) is 0 Å². The standard InChI is InChI=1S/C15H13BrFNO/c16-14-4-3-13(19)7-11(14)9-18-6-5-10-1-2-12(17)8-15(10)18/h1-4,7-8,19H,5-6,9H2. The maximum Gasteiger partial charge on any atom is 0.125 e. The fourth-order valence-corrected chi connectivity index (χ4v) is 2.84. The quantitative estimate of drug-likeness (QED) is 0.908. The molecule has 0 aromatic heterocycles. The molecule has 2 aromatic carbocycles. The number of phenolic OH excluding ortho intramolecular Hbond substituents is 1. The van der Waals surface area contributed by atoms with Crippen molar-refractivity contribution >= 4 is 21.6 Å². The molecule has 0 fully saturated rings. The number of aromatic hydroxyl groups is 1. The Morgan fingerprint density at radius 2 is 2.05 bits per heavy atom. The smallest absolute Gasteiger partial charge is 0.125 e. The van der Waals surface area contributed by atoms with Gasteiger partial charge in [-0.05, 0) is 47.9 Å². The van der Waals surface area contributed by atoms with Crippen LogP contribution in [0.5, 0.6) is 5.75 Å². The van der Waals surface area contributed by atoms with E-state index < -0.39 is 0 Å². The number of rotatable bonds is 2. The zero-order chi connectivity index (χ0) is 13.4. The molecule has 0 saturated heterocycles. The number of hydrogen-bond acceptors (Lipinski definition) is 2. The zero-order valence-electron chi connectivity index (χ0n) is 10.2. The number of anilines is 1. The van der Waals surface area contributed by atoms with Gasteiger partial charge in [-0.1, -0.05) is 22.0 Å². The Morgan fingerprint density at radius 1 is 1.21 bits per heavy atom. The summed E-state index contributed by atoms with van der Waals surface area (Å²) in [5.41, 5.74) is 3.13. The van der Waals surface area contributed by atoms with E-state index in [-0.39, 0.29) is 11.6 Å². The Kier molecular flexibility index (Phi) is 3.19. The van der Waals surface area contributed by atoms with Crippen LogP contribution in [0.25, 0.3) is 0 Å². The van der Waals surface area contributed by atoms with Crippen LogP contribution < -0.4 is 4.90 Å².